The van der Waals surface area contributed by atoms with Gasteiger partial charge in [-0.25, -0.2) is 14.6 Å². The van der Waals surface area contributed by atoms with Crippen molar-refractivity contribution in [1.29, 1.82) is 0 Å². The van der Waals surface area contributed by atoms with E-state index < -0.39 is 24.0 Å². The molecule has 0 bridgehead atoms. The first kappa shape index (κ1) is 22.4. The number of rotatable bonds is 6. The fourth-order valence-corrected chi connectivity index (χ4v) is 4.74. The minimum absolute atomic E-state index is 0.0373. The summed E-state index contributed by atoms with van der Waals surface area (Å²) in [6.45, 7) is 0.404. The molecule has 1 aromatic heterocycles. The minimum atomic E-state index is -1.09. The highest BCUT2D eigenvalue weighted by Gasteiger charge is 2.35. The van der Waals surface area contributed by atoms with Gasteiger partial charge in [0, 0.05) is 25.0 Å². The van der Waals surface area contributed by atoms with Gasteiger partial charge in [0.2, 0.25) is 5.91 Å². The van der Waals surface area contributed by atoms with Crippen LogP contribution in [-0.2, 0) is 27.3 Å². The second kappa shape index (κ2) is 9.46. The van der Waals surface area contributed by atoms with Gasteiger partial charge in [-0.1, -0.05) is 54.6 Å². The van der Waals surface area contributed by atoms with E-state index in [1.54, 1.807) is 0 Å². The number of carboxylic acid groups (broad SMARTS) is 1. The number of hydrogen-bond donors (Lipinski definition) is 3. The van der Waals surface area contributed by atoms with Gasteiger partial charge in [-0.15, -0.1) is 0 Å². The highest BCUT2D eigenvalue weighted by molar-refractivity contribution is 5.91. The summed E-state index contributed by atoms with van der Waals surface area (Å²) in [5.74, 6) is -1.58. The van der Waals surface area contributed by atoms with Gasteiger partial charge in [-0.05, 0) is 22.3 Å². The Morgan fingerprint density at radius 3 is 2.49 bits per heavy atom. The summed E-state index contributed by atoms with van der Waals surface area (Å²) in [4.78, 5) is 44.8. The Morgan fingerprint density at radius 1 is 1.11 bits per heavy atom. The smallest absolute Gasteiger partial charge is 0.407 e. The average Bonchev–Trinajstić information content (AvgIpc) is 3.46. The lowest BCUT2D eigenvalue weighted by atomic mass is 9.98. The fraction of sp³-hybridized carbons (Fsp3) is 0.231. The van der Waals surface area contributed by atoms with Crippen LogP contribution in [0.1, 0.15) is 28.4 Å². The summed E-state index contributed by atoms with van der Waals surface area (Å²) >= 11 is 0. The summed E-state index contributed by atoms with van der Waals surface area (Å²) in [6.07, 6.45) is 3.79. The Kier molecular flexibility index (Phi) is 6.05. The molecule has 2 aliphatic rings. The molecular formula is C26H24N4O5. The third-order valence-electron chi connectivity index (χ3n) is 6.44. The summed E-state index contributed by atoms with van der Waals surface area (Å²) < 4.78 is 5.47. The van der Waals surface area contributed by atoms with Crippen LogP contribution in [0.25, 0.3) is 11.1 Å². The van der Waals surface area contributed by atoms with Crippen molar-refractivity contribution in [3.05, 3.63) is 89.5 Å². The van der Waals surface area contributed by atoms with Crippen LogP contribution in [0.5, 0.6) is 0 Å². The SMILES string of the molecule is O=C(NC/C=C/C(=O)N1Cc2[nH]cnc2CC1C(=O)O)OCC1c2ccccc2-c2ccccc21. The van der Waals surface area contributed by atoms with E-state index in [-0.39, 0.29) is 32.0 Å². The number of amides is 2. The van der Waals surface area contributed by atoms with Crippen LogP contribution >= 0.6 is 0 Å². The predicted molar refractivity (Wildman–Crippen MR) is 126 cm³/mol. The van der Waals surface area contributed by atoms with Crippen LogP contribution in [0.4, 0.5) is 4.79 Å². The molecule has 3 aromatic rings. The van der Waals surface area contributed by atoms with Gasteiger partial charge < -0.3 is 25.0 Å². The molecular weight excluding hydrogens is 448 g/mol. The maximum atomic E-state index is 12.6. The third-order valence-corrected chi connectivity index (χ3v) is 6.44. The normalized spacial score (nSPS) is 16.5. The lowest BCUT2D eigenvalue weighted by molar-refractivity contribution is -0.149. The molecule has 0 radical (unpaired) electrons. The highest BCUT2D eigenvalue weighted by atomic mass is 16.5. The second-order valence-electron chi connectivity index (χ2n) is 8.46. The zero-order chi connectivity index (χ0) is 24.4. The molecule has 0 saturated carbocycles. The lowest BCUT2D eigenvalue weighted by Gasteiger charge is -2.31. The number of hydrogen-bond acceptors (Lipinski definition) is 5. The maximum Gasteiger partial charge on any atom is 0.407 e. The van der Waals surface area contributed by atoms with E-state index in [4.69, 9.17) is 4.74 Å². The van der Waals surface area contributed by atoms with Crippen molar-refractivity contribution in [3.63, 3.8) is 0 Å². The largest absolute Gasteiger partial charge is 0.480 e. The highest BCUT2D eigenvalue weighted by Crippen LogP contribution is 2.44. The van der Waals surface area contributed by atoms with Crippen molar-refractivity contribution in [2.75, 3.05) is 13.2 Å². The van der Waals surface area contributed by atoms with Gasteiger partial charge in [-0.2, -0.15) is 0 Å². The number of nitrogens with one attached hydrogen (secondary N) is 2. The van der Waals surface area contributed by atoms with Gasteiger partial charge in [0.05, 0.1) is 24.3 Å². The van der Waals surface area contributed by atoms with E-state index >= 15 is 0 Å². The molecule has 2 aromatic carbocycles. The quantitative estimate of drug-likeness (QED) is 0.474. The fourth-order valence-electron chi connectivity index (χ4n) is 4.74. The van der Waals surface area contributed by atoms with E-state index in [1.165, 1.54) is 23.4 Å². The van der Waals surface area contributed by atoms with Gasteiger partial charge >= 0.3 is 12.1 Å². The van der Waals surface area contributed by atoms with Crippen LogP contribution in [0.15, 0.2) is 67.0 Å². The van der Waals surface area contributed by atoms with Crippen LogP contribution < -0.4 is 5.32 Å². The first-order chi connectivity index (χ1) is 17.0. The van der Waals surface area contributed by atoms with Crippen LogP contribution in [0.2, 0.25) is 0 Å². The molecule has 178 valence electrons. The number of carboxylic acids is 1. The average molecular weight is 473 g/mol. The molecule has 1 atom stereocenters. The van der Waals surface area contributed by atoms with E-state index in [2.05, 4.69) is 27.4 Å². The number of carbonyl (C=O) groups is 3. The first-order valence-corrected chi connectivity index (χ1v) is 11.3. The topological polar surface area (TPSA) is 125 Å². The number of alkyl carbamates (subject to hydrolysis) is 1. The zero-order valence-electron chi connectivity index (χ0n) is 18.8. The summed E-state index contributed by atoms with van der Waals surface area (Å²) in [5, 5.41) is 12.1. The zero-order valence-corrected chi connectivity index (χ0v) is 18.8. The molecule has 0 spiro atoms. The van der Waals surface area contributed by atoms with Crippen molar-refractivity contribution in [3.8, 4) is 11.1 Å². The molecule has 3 N–H and O–H groups in total. The lowest BCUT2D eigenvalue weighted by Crippen LogP contribution is -2.48. The van der Waals surface area contributed by atoms with Crippen molar-refractivity contribution in [1.82, 2.24) is 20.2 Å². The standard InChI is InChI=1S/C26H24N4O5/c31-24(30-13-22-21(28-15-29-22)12-23(30)25(32)33)10-5-11-27-26(34)35-14-20-18-8-3-1-6-16(18)17-7-2-4-9-19(17)20/h1-10,15,20,23H,11-14H2,(H,27,34)(H,28,29)(H,32,33)/b10-5+. The maximum absolute atomic E-state index is 12.6. The van der Waals surface area contributed by atoms with Crippen molar-refractivity contribution in [2.24, 2.45) is 0 Å². The van der Waals surface area contributed by atoms with Crippen LogP contribution in [0, 0.1) is 0 Å². The van der Waals surface area contributed by atoms with Crippen molar-refractivity contribution in [2.45, 2.75) is 24.9 Å². The van der Waals surface area contributed by atoms with E-state index in [0.717, 1.165) is 27.9 Å². The van der Waals surface area contributed by atoms with Crippen molar-refractivity contribution < 1.29 is 24.2 Å². The number of ether oxygens (including phenoxy) is 1. The monoisotopic (exact) mass is 472 g/mol. The Morgan fingerprint density at radius 2 is 1.80 bits per heavy atom. The summed E-state index contributed by atoms with van der Waals surface area (Å²) in [5.41, 5.74) is 5.93. The Labute approximate surface area is 201 Å². The van der Waals surface area contributed by atoms with Crippen LogP contribution in [-0.4, -0.2) is 57.1 Å². The van der Waals surface area contributed by atoms with Gasteiger partial charge in [0.25, 0.3) is 0 Å². The number of fused-ring (bicyclic) bond motifs is 4. The van der Waals surface area contributed by atoms with E-state index in [9.17, 15) is 19.5 Å². The molecule has 1 aliphatic carbocycles. The minimum Gasteiger partial charge on any atom is -0.480 e. The third kappa shape index (κ3) is 4.40. The molecule has 5 rings (SSSR count). The molecule has 1 aliphatic heterocycles. The number of aromatic nitrogens is 2. The number of H-pyrrole nitrogens is 1. The molecule has 0 fully saturated rings. The molecule has 2 heterocycles. The number of aliphatic carboxylic acids is 1. The predicted octanol–water partition coefficient (Wildman–Crippen LogP) is 2.84. The van der Waals surface area contributed by atoms with Gasteiger partial charge in [0.15, 0.2) is 0 Å². The number of nitrogens with zero attached hydrogens (tertiary/aromatic N) is 2. The van der Waals surface area contributed by atoms with Gasteiger partial charge in [0.1, 0.15) is 12.6 Å². The number of carbonyl (C=O) groups excluding carboxylic acids is 2. The molecule has 0 saturated heterocycles. The number of imidazole rings is 1. The van der Waals surface area contributed by atoms with Gasteiger partial charge in [-0.3, -0.25) is 4.79 Å². The Balaban J connectivity index is 1.14. The molecule has 1 unspecified atom stereocenters. The van der Waals surface area contributed by atoms with E-state index in [0.29, 0.717) is 5.69 Å². The first-order valence-electron chi connectivity index (χ1n) is 11.3. The molecule has 9 heteroatoms. The Hall–Kier alpha value is -4.40. The van der Waals surface area contributed by atoms with Crippen LogP contribution in [0.3, 0.4) is 0 Å². The molecule has 9 nitrogen and oxygen atoms in total. The second-order valence-corrected chi connectivity index (χ2v) is 8.46. The van der Waals surface area contributed by atoms with E-state index in [1.807, 2.05) is 36.4 Å². The Bertz CT molecular complexity index is 1270. The molecule has 35 heavy (non-hydrogen) atoms. The number of aromatic amines is 1. The summed E-state index contributed by atoms with van der Waals surface area (Å²) in [7, 11) is 0. The van der Waals surface area contributed by atoms with Crippen molar-refractivity contribution >= 4 is 18.0 Å². The number of benzene rings is 2. The molecule has 2 amide bonds. The summed E-state index contributed by atoms with van der Waals surface area (Å²) in [6, 6.07) is 15.2.